The molecule has 0 fully saturated rings. The Balaban J connectivity index is 2.52. The molecule has 1 aromatic heterocycles. The van der Waals surface area contributed by atoms with E-state index in [1.807, 2.05) is 30.3 Å². The zero-order chi connectivity index (χ0) is 11.5. The standard InChI is InChI=1S/C12H11NO2S/c1-16(15)8-11(14)12-10-5-3-2-4-9(10)6-7-13-12/h2-7H,8H2,1H3. The number of nitrogens with zero attached hydrogens (tertiary/aromatic N) is 1. The molecule has 2 rings (SSSR count). The van der Waals surface area contributed by atoms with E-state index in [4.69, 9.17) is 0 Å². The first-order valence-electron chi connectivity index (χ1n) is 4.85. The second kappa shape index (κ2) is 4.53. The summed E-state index contributed by atoms with van der Waals surface area (Å²) in [5, 5.41) is 1.79. The molecular formula is C12H11NO2S. The second-order valence-corrected chi connectivity index (χ2v) is 4.96. The molecule has 0 saturated heterocycles. The van der Waals surface area contributed by atoms with E-state index in [0.717, 1.165) is 10.8 Å². The van der Waals surface area contributed by atoms with Gasteiger partial charge >= 0.3 is 0 Å². The molecular weight excluding hydrogens is 222 g/mol. The number of carbonyl (C=O) groups excluding carboxylic acids is 1. The van der Waals surface area contributed by atoms with E-state index in [2.05, 4.69) is 4.98 Å². The van der Waals surface area contributed by atoms with Gasteiger partial charge in [0.15, 0.2) is 5.78 Å². The molecule has 4 heteroatoms. The van der Waals surface area contributed by atoms with Crippen molar-refractivity contribution in [2.24, 2.45) is 0 Å². The fourth-order valence-electron chi connectivity index (χ4n) is 1.59. The second-order valence-electron chi connectivity index (χ2n) is 3.52. The van der Waals surface area contributed by atoms with E-state index in [0.29, 0.717) is 5.69 Å². The van der Waals surface area contributed by atoms with Gasteiger partial charge in [0, 0.05) is 28.6 Å². The molecule has 1 aromatic carbocycles. The molecule has 0 amide bonds. The maximum absolute atomic E-state index is 11.8. The SMILES string of the molecule is CS(=O)CC(=O)c1nccc2ccccc12. The zero-order valence-corrected chi connectivity index (χ0v) is 9.66. The molecule has 0 N–H and O–H groups in total. The van der Waals surface area contributed by atoms with Gasteiger partial charge in [0.05, 0.1) is 5.75 Å². The molecule has 0 bridgehead atoms. The minimum Gasteiger partial charge on any atom is -0.291 e. The molecule has 1 atom stereocenters. The van der Waals surface area contributed by atoms with E-state index < -0.39 is 10.8 Å². The fraction of sp³-hybridized carbons (Fsp3) is 0.167. The van der Waals surface area contributed by atoms with Gasteiger partial charge in [0.1, 0.15) is 5.69 Å². The number of hydrogen-bond donors (Lipinski definition) is 0. The lowest BCUT2D eigenvalue weighted by Crippen LogP contribution is -2.11. The Hall–Kier alpha value is -1.55. The fourth-order valence-corrected chi connectivity index (χ4v) is 2.10. The third kappa shape index (κ3) is 2.17. The summed E-state index contributed by atoms with van der Waals surface area (Å²) in [7, 11) is -1.13. The van der Waals surface area contributed by atoms with Crippen molar-refractivity contribution in [3.8, 4) is 0 Å². The molecule has 0 aliphatic heterocycles. The monoisotopic (exact) mass is 233 g/mol. The highest BCUT2D eigenvalue weighted by molar-refractivity contribution is 7.85. The van der Waals surface area contributed by atoms with E-state index in [9.17, 15) is 9.00 Å². The molecule has 1 heterocycles. The Labute approximate surface area is 96.0 Å². The summed E-state index contributed by atoms with van der Waals surface area (Å²) in [4.78, 5) is 15.9. The largest absolute Gasteiger partial charge is 0.291 e. The Morgan fingerprint density at radius 2 is 2.06 bits per heavy atom. The van der Waals surface area contributed by atoms with Gasteiger partial charge in [-0.15, -0.1) is 0 Å². The summed E-state index contributed by atoms with van der Waals surface area (Å²) in [6.07, 6.45) is 3.12. The molecule has 0 saturated carbocycles. The van der Waals surface area contributed by atoms with Crippen LogP contribution in [-0.4, -0.2) is 27.0 Å². The van der Waals surface area contributed by atoms with Crippen LogP contribution < -0.4 is 0 Å². The molecule has 0 aliphatic carbocycles. The van der Waals surface area contributed by atoms with Crippen LogP contribution in [0.3, 0.4) is 0 Å². The molecule has 16 heavy (non-hydrogen) atoms. The van der Waals surface area contributed by atoms with E-state index in [1.54, 1.807) is 6.20 Å². The third-order valence-corrected chi connectivity index (χ3v) is 2.94. The van der Waals surface area contributed by atoms with Crippen molar-refractivity contribution in [2.75, 3.05) is 12.0 Å². The first-order chi connectivity index (χ1) is 7.68. The number of carbonyl (C=O) groups is 1. The molecule has 1 unspecified atom stereocenters. The van der Waals surface area contributed by atoms with Crippen molar-refractivity contribution >= 4 is 27.4 Å². The normalized spacial score (nSPS) is 12.6. The average molecular weight is 233 g/mol. The van der Waals surface area contributed by atoms with Crippen molar-refractivity contribution in [1.29, 1.82) is 0 Å². The summed E-state index contributed by atoms with van der Waals surface area (Å²) in [5.41, 5.74) is 0.410. The summed E-state index contributed by atoms with van der Waals surface area (Å²) < 4.78 is 11.0. The summed E-state index contributed by atoms with van der Waals surface area (Å²) in [5.74, 6) is -0.140. The number of benzene rings is 1. The zero-order valence-electron chi connectivity index (χ0n) is 8.84. The summed E-state index contributed by atoms with van der Waals surface area (Å²) in [6, 6.07) is 9.41. The number of Topliss-reactive ketones (excluding diaryl/α,β-unsaturated/α-hetero) is 1. The maximum atomic E-state index is 11.8. The van der Waals surface area contributed by atoms with Crippen molar-refractivity contribution < 1.29 is 9.00 Å². The number of aromatic nitrogens is 1. The highest BCUT2D eigenvalue weighted by Crippen LogP contribution is 2.16. The van der Waals surface area contributed by atoms with Gasteiger partial charge in [0.2, 0.25) is 0 Å². The van der Waals surface area contributed by atoms with Gasteiger partial charge in [-0.05, 0) is 11.5 Å². The molecule has 2 aromatic rings. The van der Waals surface area contributed by atoms with Crippen LogP contribution >= 0.6 is 0 Å². The third-order valence-electron chi connectivity index (χ3n) is 2.27. The number of ketones is 1. The van der Waals surface area contributed by atoms with Crippen molar-refractivity contribution in [1.82, 2.24) is 4.98 Å². The van der Waals surface area contributed by atoms with Gasteiger partial charge in [-0.25, -0.2) is 0 Å². The van der Waals surface area contributed by atoms with Gasteiger partial charge in [0.25, 0.3) is 0 Å². The van der Waals surface area contributed by atoms with Crippen molar-refractivity contribution in [3.63, 3.8) is 0 Å². The maximum Gasteiger partial charge on any atom is 0.194 e. The Bertz CT molecular complexity index is 560. The molecule has 0 aliphatic rings. The minimum atomic E-state index is -1.13. The van der Waals surface area contributed by atoms with E-state index >= 15 is 0 Å². The first-order valence-corrected chi connectivity index (χ1v) is 6.58. The van der Waals surface area contributed by atoms with Crippen LogP contribution in [0.15, 0.2) is 36.5 Å². The topological polar surface area (TPSA) is 47.0 Å². The van der Waals surface area contributed by atoms with Crippen molar-refractivity contribution in [2.45, 2.75) is 0 Å². The predicted molar refractivity (Wildman–Crippen MR) is 65.0 cm³/mol. The summed E-state index contributed by atoms with van der Waals surface area (Å²) >= 11 is 0. The van der Waals surface area contributed by atoms with E-state index in [-0.39, 0.29) is 11.5 Å². The lowest BCUT2D eigenvalue weighted by Gasteiger charge is -2.03. The average Bonchev–Trinajstić information content (AvgIpc) is 2.27. The lowest BCUT2D eigenvalue weighted by molar-refractivity contribution is 0.101. The number of fused-ring (bicyclic) bond motifs is 1. The van der Waals surface area contributed by atoms with Crippen molar-refractivity contribution in [3.05, 3.63) is 42.2 Å². The molecule has 0 radical (unpaired) electrons. The highest BCUT2D eigenvalue weighted by Gasteiger charge is 2.12. The highest BCUT2D eigenvalue weighted by atomic mass is 32.2. The smallest absolute Gasteiger partial charge is 0.194 e. The van der Waals surface area contributed by atoms with Crippen LogP contribution in [-0.2, 0) is 10.8 Å². The quantitative estimate of drug-likeness (QED) is 0.759. The van der Waals surface area contributed by atoms with Gasteiger partial charge in [-0.2, -0.15) is 0 Å². The van der Waals surface area contributed by atoms with Crippen LogP contribution in [0.1, 0.15) is 10.5 Å². The summed E-state index contributed by atoms with van der Waals surface area (Å²) in [6.45, 7) is 0. The Morgan fingerprint density at radius 1 is 1.31 bits per heavy atom. The lowest BCUT2D eigenvalue weighted by atomic mass is 10.1. The Morgan fingerprint density at radius 3 is 2.81 bits per heavy atom. The van der Waals surface area contributed by atoms with Gasteiger partial charge in [-0.3, -0.25) is 14.0 Å². The number of hydrogen-bond acceptors (Lipinski definition) is 3. The molecule has 82 valence electrons. The molecule has 0 spiro atoms. The van der Waals surface area contributed by atoms with Gasteiger partial charge in [-0.1, -0.05) is 24.3 Å². The van der Waals surface area contributed by atoms with E-state index in [1.165, 1.54) is 6.26 Å². The van der Waals surface area contributed by atoms with Crippen LogP contribution in [0.5, 0.6) is 0 Å². The van der Waals surface area contributed by atoms with Crippen LogP contribution in [0.4, 0.5) is 0 Å². The number of pyridine rings is 1. The predicted octanol–water partition coefficient (Wildman–Crippen LogP) is 1.80. The molecule has 3 nitrogen and oxygen atoms in total. The van der Waals surface area contributed by atoms with Crippen LogP contribution in [0.2, 0.25) is 0 Å². The van der Waals surface area contributed by atoms with Crippen LogP contribution in [0.25, 0.3) is 10.8 Å². The first kappa shape index (κ1) is 11.0. The van der Waals surface area contributed by atoms with Gasteiger partial charge < -0.3 is 0 Å². The van der Waals surface area contributed by atoms with Crippen LogP contribution in [0, 0.1) is 0 Å². The Kier molecular flexibility index (Phi) is 3.10. The minimum absolute atomic E-state index is 0.0288. The number of rotatable bonds is 3.